The smallest absolute Gasteiger partial charge is 0.244 e. The maximum atomic E-state index is 13.3. The summed E-state index contributed by atoms with van der Waals surface area (Å²) in [6.45, 7) is 8.00. The minimum atomic E-state index is -3.83. The number of benzene rings is 1. The molecule has 2 aliphatic heterocycles. The van der Waals surface area contributed by atoms with Crippen molar-refractivity contribution in [1.82, 2.24) is 24.6 Å². The average molecular weight is 564 g/mol. The third-order valence-electron chi connectivity index (χ3n) is 8.26. The molecule has 212 valence electrons. The minimum absolute atomic E-state index is 0.00241. The second-order valence-electron chi connectivity index (χ2n) is 12.0. The molecule has 1 saturated heterocycles. The number of aryl methyl sites for hydroxylation is 1. The fourth-order valence-corrected chi connectivity index (χ4v) is 7.40. The Kier molecular flexibility index (Phi) is 6.92. The van der Waals surface area contributed by atoms with Crippen molar-refractivity contribution >= 4 is 21.7 Å². The number of aromatic nitrogens is 3. The van der Waals surface area contributed by atoms with Gasteiger partial charge in [0.25, 0.3) is 0 Å². The molecule has 40 heavy (non-hydrogen) atoms. The Bertz CT molecular complexity index is 1540. The lowest BCUT2D eigenvalue weighted by molar-refractivity contribution is 0.310. The molecule has 10 nitrogen and oxygen atoms in total. The van der Waals surface area contributed by atoms with Crippen molar-refractivity contribution in [3.8, 4) is 16.9 Å². The second-order valence-corrected chi connectivity index (χ2v) is 13.7. The summed E-state index contributed by atoms with van der Waals surface area (Å²) in [6, 6.07) is 7.40. The summed E-state index contributed by atoms with van der Waals surface area (Å²) >= 11 is 0. The van der Waals surface area contributed by atoms with Crippen LogP contribution in [-0.4, -0.2) is 67.6 Å². The minimum Gasteiger partial charge on any atom is -0.491 e. The Morgan fingerprint density at radius 1 is 1.12 bits per heavy atom. The van der Waals surface area contributed by atoms with Crippen LogP contribution in [0.5, 0.6) is 5.75 Å². The van der Waals surface area contributed by atoms with Crippen LogP contribution in [0, 0.1) is 5.41 Å². The molecule has 0 spiro atoms. The summed E-state index contributed by atoms with van der Waals surface area (Å²) in [5.41, 5.74) is 11.2. The van der Waals surface area contributed by atoms with Crippen LogP contribution in [0.15, 0.2) is 41.7 Å². The number of pyridine rings is 1. The lowest BCUT2D eigenvalue weighted by Crippen LogP contribution is -2.36. The first-order valence-electron chi connectivity index (χ1n) is 13.9. The Morgan fingerprint density at radius 3 is 2.77 bits per heavy atom. The zero-order valence-electron chi connectivity index (χ0n) is 23.4. The molecule has 0 amide bonds. The van der Waals surface area contributed by atoms with Crippen molar-refractivity contribution in [2.75, 3.05) is 43.9 Å². The molecule has 1 unspecified atom stereocenters. The quantitative estimate of drug-likeness (QED) is 0.482. The van der Waals surface area contributed by atoms with Gasteiger partial charge in [-0.25, -0.2) is 28.1 Å². The highest BCUT2D eigenvalue weighted by Crippen LogP contribution is 2.39. The topological polar surface area (TPSA) is 127 Å². The highest BCUT2D eigenvalue weighted by Gasteiger charge is 2.31. The number of hydrogen-bond donors (Lipinski definition) is 2. The van der Waals surface area contributed by atoms with Crippen molar-refractivity contribution in [2.45, 2.75) is 57.0 Å². The first-order chi connectivity index (χ1) is 19.1. The van der Waals surface area contributed by atoms with E-state index in [0.29, 0.717) is 31.8 Å². The molecule has 6 rings (SSSR count). The molecule has 2 aromatic heterocycles. The molecule has 0 radical (unpaired) electrons. The maximum absolute atomic E-state index is 13.3. The Labute approximate surface area is 236 Å². The van der Waals surface area contributed by atoms with Gasteiger partial charge in [-0.2, -0.15) is 0 Å². The number of nitrogens with two attached hydrogens (primary N) is 1. The number of rotatable bonds is 5. The monoisotopic (exact) mass is 563 g/mol. The number of hydrogen-bond acceptors (Lipinski definition) is 9. The molecule has 3 aromatic rings. The zero-order valence-corrected chi connectivity index (χ0v) is 24.2. The van der Waals surface area contributed by atoms with E-state index in [9.17, 15) is 8.42 Å². The Hall–Kier alpha value is -3.28. The largest absolute Gasteiger partial charge is 0.491 e. The van der Waals surface area contributed by atoms with Gasteiger partial charge >= 0.3 is 0 Å². The molecule has 0 bridgehead atoms. The average Bonchev–Trinajstić information content (AvgIpc) is 3.19. The van der Waals surface area contributed by atoms with E-state index in [1.165, 1.54) is 5.56 Å². The summed E-state index contributed by atoms with van der Waals surface area (Å²) in [5, 5.41) is 0. The lowest BCUT2D eigenvalue weighted by atomic mass is 9.76. The van der Waals surface area contributed by atoms with E-state index in [4.69, 9.17) is 15.5 Å². The number of nitrogen functional groups attached to an aromatic ring is 1. The second kappa shape index (κ2) is 10.3. The number of likely N-dealkylation sites (N-methyl/N-ethyl adjacent to an activating group) is 1. The number of ether oxygens (including phenoxy) is 1. The Balaban J connectivity index is 1.30. The number of likely N-dealkylation sites (tertiary alicyclic amines) is 1. The summed E-state index contributed by atoms with van der Waals surface area (Å²) in [6.07, 6.45) is 7.09. The SMILES string of the molecule is CN1CCC(NS(=O)(=O)c2cc(-c3ccc4c(c3)CN(c3ncnc5c3CC(C)(C)CC5)CCO4)cnc2N)C1. The van der Waals surface area contributed by atoms with E-state index in [1.54, 1.807) is 18.6 Å². The normalized spacial score (nSPS) is 20.9. The van der Waals surface area contributed by atoms with Crippen molar-refractivity contribution in [2.24, 2.45) is 5.41 Å². The Morgan fingerprint density at radius 2 is 1.98 bits per heavy atom. The van der Waals surface area contributed by atoms with Gasteiger partial charge in [-0.15, -0.1) is 0 Å². The van der Waals surface area contributed by atoms with Crippen molar-refractivity contribution in [1.29, 1.82) is 0 Å². The van der Waals surface area contributed by atoms with Gasteiger partial charge in [0.05, 0.1) is 6.54 Å². The van der Waals surface area contributed by atoms with Crippen LogP contribution in [0.25, 0.3) is 11.1 Å². The zero-order chi connectivity index (χ0) is 28.1. The molecule has 11 heteroatoms. The molecule has 1 fully saturated rings. The fourth-order valence-electron chi connectivity index (χ4n) is 6.03. The van der Waals surface area contributed by atoms with E-state index < -0.39 is 10.0 Å². The lowest BCUT2D eigenvalue weighted by Gasteiger charge is -2.33. The highest BCUT2D eigenvalue weighted by atomic mass is 32.2. The summed E-state index contributed by atoms with van der Waals surface area (Å²) in [5.74, 6) is 1.78. The maximum Gasteiger partial charge on any atom is 0.244 e. The van der Waals surface area contributed by atoms with Crippen LogP contribution in [0.2, 0.25) is 0 Å². The molecule has 1 atom stereocenters. The summed E-state index contributed by atoms with van der Waals surface area (Å²) in [7, 11) is -1.85. The van der Waals surface area contributed by atoms with Gasteiger partial charge in [0.1, 0.15) is 35.2 Å². The number of nitrogens with one attached hydrogen (secondary N) is 1. The van der Waals surface area contributed by atoms with Gasteiger partial charge in [0.15, 0.2) is 0 Å². The van der Waals surface area contributed by atoms with Crippen LogP contribution in [0.4, 0.5) is 11.6 Å². The molecular weight excluding hydrogens is 526 g/mol. The molecule has 1 aliphatic carbocycles. The molecule has 0 saturated carbocycles. The van der Waals surface area contributed by atoms with Gasteiger partial charge in [-0.05, 0) is 68.5 Å². The van der Waals surface area contributed by atoms with Crippen molar-refractivity contribution < 1.29 is 13.2 Å². The first kappa shape index (κ1) is 26.9. The van der Waals surface area contributed by atoms with E-state index in [0.717, 1.165) is 60.6 Å². The summed E-state index contributed by atoms with van der Waals surface area (Å²) in [4.78, 5) is 18.0. The van der Waals surface area contributed by atoms with Crippen LogP contribution in [0.1, 0.15) is 43.5 Å². The van der Waals surface area contributed by atoms with E-state index in [2.05, 4.69) is 38.3 Å². The van der Waals surface area contributed by atoms with Gasteiger partial charge in [-0.1, -0.05) is 19.9 Å². The van der Waals surface area contributed by atoms with Crippen LogP contribution < -0.4 is 20.1 Å². The van der Waals surface area contributed by atoms with Crippen LogP contribution in [0.3, 0.4) is 0 Å². The van der Waals surface area contributed by atoms with Gasteiger partial charge in [-0.3, -0.25) is 0 Å². The predicted octanol–water partition coefficient (Wildman–Crippen LogP) is 3.02. The standard InChI is InChI=1S/C29H37N7O3S/c1-29(2)8-6-24-23(14-29)28(33-18-32-24)36-10-11-39-25-5-4-19(12-21(25)16-36)20-13-26(27(30)31-15-20)40(37,38)34-22-7-9-35(3)17-22/h4-5,12-13,15,18,22,34H,6-11,14,16-17H2,1-3H3,(H2,30,31). The predicted molar refractivity (Wildman–Crippen MR) is 155 cm³/mol. The van der Waals surface area contributed by atoms with Gasteiger partial charge in [0.2, 0.25) is 10.0 Å². The molecule has 3 N–H and O–H groups in total. The number of nitrogens with zero attached hydrogens (tertiary/aromatic N) is 5. The number of fused-ring (bicyclic) bond motifs is 2. The number of anilines is 2. The van der Waals surface area contributed by atoms with Crippen LogP contribution in [-0.2, 0) is 29.4 Å². The van der Waals surface area contributed by atoms with Gasteiger partial charge in [0, 0.05) is 47.7 Å². The van der Waals surface area contributed by atoms with Crippen molar-refractivity contribution in [3.05, 3.63) is 53.6 Å². The van der Waals surface area contributed by atoms with Crippen molar-refractivity contribution in [3.63, 3.8) is 0 Å². The van der Waals surface area contributed by atoms with E-state index in [1.807, 2.05) is 25.2 Å². The third kappa shape index (κ3) is 5.37. The molecule has 3 aliphatic rings. The molecule has 1 aromatic carbocycles. The number of sulfonamides is 1. The third-order valence-corrected chi connectivity index (χ3v) is 9.81. The van der Waals surface area contributed by atoms with Gasteiger partial charge < -0.3 is 20.3 Å². The van der Waals surface area contributed by atoms with E-state index in [-0.39, 0.29) is 22.2 Å². The summed E-state index contributed by atoms with van der Waals surface area (Å²) < 4.78 is 35.4. The highest BCUT2D eigenvalue weighted by molar-refractivity contribution is 7.89. The molecule has 4 heterocycles. The molecular formula is C29H37N7O3S. The first-order valence-corrected chi connectivity index (χ1v) is 15.4. The van der Waals surface area contributed by atoms with E-state index >= 15 is 0 Å². The van der Waals surface area contributed by atoms with Crippen LogP contribution >= 0.6 is 0 Å². The fraction of sp³-hybridized carbons (Fsp3) is 0.483.